The first kappa shape index (κ1) is 10.4. The molecule has 1 amide bonds. The molecule has 0 saturated carbocycles. The summed E-state index contributed by atoms with van der Waals surface area (Å²) in [4.78, 5) is 15.8. The molecule has 0 spiro atoms. The molecule has 82 valence electrons. The van der Waals surface area contributed by atoms with Gasteiger partial charge in [-0.1, -0.05) is 12.1 Å². The van der Waals surface area contributed by atoms with Gasteiger partial charge in [0, 0.05) is 18.5 Å². The molecule has 1 heterocycles. The summed E-state index contributed by atoms with van der Waals surface area (Å²) in [5.74, 6) is 0.438. The molecule has 0 fully saturated rings. The van der Waals surface area contributed by atoms with Gasteiger partial charge in [0.2, 0.25) is 0 Å². The lowest BCUT2D eigenvalue weighted by molar-refractivity contribution is 0.0958. The Labute approximate surface area is 93.3 Å². The minimum Gasteiger partial charge on any atom is -0.496 e. The highest BCUT2D eigenvalue weighted by Crippen LogP contribution is 2.24. The fourth-order valence-corrected chi connectivity index (χ4v) is 1.56. The summed E-state index contributed by atoms with van der Waals surface area (Å²) in [5.41, 5.74) is 1.11. The highest BCUT2D eigenvalue weighted by Gasteiger charge is 2.10. The van der Waals surface area contributed by atoms with Crippen molar-refractivity contribution in [1.82, 2.24) is 10.3 Å². The van der Waals surface area contributed by atoms with Gasteiger partial charge >= 0.3 is 0 Å². The van der Waals surface area contributed by atoms with Crippen LogP contribution in [-0.2, 0) is 0 Å². The van der Waals surface area contributed by atoms with E-state index in [1.807, 2.05) is 24.3 Å². The number of rotatable bonds is 2. The lowest BCUT2D eigenvalue weighted by Gasteiger charge is -2.07. The van der Waals surface area contributed by atoms with E-state index in [-0.39, 0.29) is 5.91 Å². The smallest absolute Gasteiger partial charge is 0.269 e. The maximum Gasteiger partial charge on any atom is 0.269 e. The van der Waals surface area contributed by atoms with E-state index in [1.54, 1.807) is 20.2 Å². The van der Waals surface area contributed by atoms with Crippen LogP contribution in [0.15, 0.2) is 30.3 Å². The minimum absolute atomic E-state index is 0.218. The lowest BCUT2D eigenvalue weighted by atomic mass is 10.2. The number of benzene rings is 1. The van der Waals surface area contributed by atoms with E-state index < -0.39 is 0 Å². The first-order valence-electron chi connectivity index (χ1n) is 4.92. The van der Waals surface area contributed by atoms with Gasteiger partial charge in [0.1, 0.15) is 11.4 Å². The van der Waals surface area contributed by atoms with Gasteiger partial charge in [0.25, 0.3) is 5.91 Å². The van der Waals surface area contributed by atoms with Gasteiger partial charge in [-0.25, -0.2) is 4.98 Å². The molecule has 4 heteroatoms. The largest absolute Gasteiger partial charge is 0.496 e. The van der Waals surface area contributed by atoms with Crippen molar-refractivity contribution in [3.8, 4) is 5.75 Å². The van der Waals surface area contributed by atoms with Crippen molar-refractivity contribution in [2.75, 3.05) is 14.2 Å². The Balaban J connectivity index is 2.68. The second-order valence-electron chi connectivity index (χ2n) is 3.31. The average Bonchev–Trinajstić information content (AvgIpc) is 2.36. The maximum absolute atomic E-state index is 11.5. The molecule has 0 bridgehead atoms. The van der Waals surface area contributed by atoms with Gasteiger partial charge in [-0.05, 0) is 12.1 Å². The van der Waals surface area contributed by atoms with Crippen LogP contribution >= 0.6 is 0 Å². The predicted molar refractivity (Wildman–Crippen MR) is 61.7 cm³/mol. The summed E-state index contributed by atoms with van der Waals surface area (Å²) < 4.78 is 5.24. The fraction of sp³-hybridized carbons (Fsp3) is 0.167. The molecule has 1 aromatic carbocycles. The van der Waals surface area contributed by atoms with Crippen molar-refractivity contribution < 1.29 is 9.53 Å². The second-order valence-corrected chi connectivity index (χ2v) is 3.31. The van der Waals surface area contributed by atoms with Crippen LogP contribution in [0.2, 0.25) is 0 Å². The van der Waals surface area contributed by atoms with E-state index in [4.69, 9.17) is 4.74 Å². The monoisotopic (exact) mass is 216 g/mol. The number of carbonyl (C=O) groups excluding carboxylic acids is 1. The molecule has 0 saturated heterocycles. The zero-order valence-electron chi connectivity index (χ0n) is 9.15. The molecule has 0 aliphatic rings. The number of para-hydroxylation sites is 1. The zero-order valence-corrected chi connectivity index (χ0v) is 9.15. The molecule has 1 aromatic heterocycles. The Kier molecular flexibility index (Phi) is 2.72. The Hall–Kier alpha value is -2.10. The van der Waals surface area contributed by atoms with Crippen LogP contribution in [0.3, 0.4) is 0 Å². The van der Waals surface area contributed by atoms with E-state index >= 15 is 0 Å². The summed E-state index contributed by atoms with van der Waals surface area (Å²) in [6, 6.07) is 9.19. The third-order valence-corrected chi connectivity index (χ3v) is 2.36. The summed E-state index contributed by atoms with van der Waals surface area (Å²) in [6.45, 7) is 0. The Bertz CT molecular complexity index is 538. The fourth-order valence-electron chi connectivity index (χ4n) is 1.56. The van der Waals surface area contributed by atoms with E-state index in [2.05, 4.69) is 10.3 Å². The normalized spacial score (nSPS) is 10.1. The van der Waals surface area contributed by atoms with Crippen LogP contribution in [0.1, 0.15) is 10.5 Å². The van der Waals surface area contributed by atoms with Crippen LogP contribution in [0, 0.1) is 0 Å². The number of pyridine rings is 1. The highest BCUT2D eigenvalue weighted by atomic mass is 16.5. The van der Waals surface area contributed by atoms with Crippen LogP contribution in [-0.4, -0.2) is 25.0 Å². The van der Waals surface area contributed by atoms with E-state index in [0.717, 1.165) is 10.9 Å². The van der Waals surface area contributed by atoms with Crippen molar-refractivity contribution in [1.29, 1.82) is 0 Å². The van der Waals surface area contributed by atoms with Crippen LogP contribution in [0.5, 0.6) is 5.75 Å². The van der Waals surface area contributed by atoms with Gasteiger partial charge in [0.15, 0.2) is 0 Å². The number of hydrogen-bond acceptors (Lipinski definition) is 3. The van der Waals surface area contributed by atoms with Crippen LogP contribution in [0.25, 0.3) is 10.9 Å². The highest BCUT2D eigenvalue weighted by molar-refractivity contribution is 5.96. The summed E-state index contributed by atoms with van der Waals surface area (Å²) in [6.07, 6.45) is 0. The van der Waals surface area contributed by atoms with Crippen molar-refractivity contribution in [2.45, 2.75) is 0 Å². The quantitative estimate of drug-likeness (QED) is 0.829. The molecule has 2 rings (SSSR count). The van der Waals surface area contributed by atoms with Crippen molar-refractivity contribution in [2.24, 2.45) is 0 Å². The van der Waals surface area contributed by atoms with Gasteiger partial charge in [-0.15, -0.1) is 0 Å². The molecule has 0 radical (unpaired) electrons. The van der Waals surface area contributed by atoms with Crippen molar-refractivity contribution in [3.05, 3.63) is 36.0 Å². The number of amides is 1. The maximum atomic E-state index is 11.5. The summed E-state index contributed by atoms with van der Waals surface area (Å²) in [7, 11) is 3.15. The van der Waals surface area contributed by atoms with Gasteiger partial charge in [-0.3, -0.25) is 4.79 Å². The summed E-state index contributed by atoms with van der Waals surface area (Å²) >= 11 is 0. The lowest BCUT2D eigenvalue weighted by Crippen LogP contribution is -2.19. The molecular weight excluding hydrogens is 204 g/mol. The number of aromatic nitrogens is 1. The first-order valence-corrected chi connectivity index (χ1v) is 4.92. The summed E-state index contributed by atoms with van der Waals surface area (Å²) in [5, 5.41) is 3.44. The van der Waals surface area contributed by atoms with Crippen molar-refractivity contribution in [3.63, 3.8) is 0 Å². The molecule has 0 aliphatic carbocycles. The van der Waals surface area contributed by atoms with Crippen LogP contribution in [0.4, 0.5) is 0 Å². The van der Waals surface area contributed by atoms with Gasteiger partial charge in [-0.2, -0.15) is 0 Å². The van der Waals surface area contributed by atoms with E-state index in [1.165, 1.54) is 0 Å². The number of nitrogens with one attached hydrogen (secondary N) is 1. The molecule has 16 heavy (non-hydrogen) atoms. The third-order valence-electron chi connectivity index (χ3n) is 2.36. The number of fused-ring (bicyclic) bond motifs is 1. The number of ether oxygens (including phenoxy) is 1. The van der Waals surface area contributed by atoms with Crippen molar-refractivity contribution >= 4 is 16.8 Å². The number of methoxy groups -OCH3 is 1. The first-order chi connectivity index (χ1) is 7.76. The molecule has 0 atom stereocenters. The average molecular weight is 216 g/mol. The third kappa shape index (κ3) is 1.69. The van der Waals surface area contributed by atoms with Gasteiger partial charge < -0.3 is 10.1 Å². The molecule has 1 N–H and O–H groups in total. The topological polar surface area (TPSA) is 51.2 Å². The van der Waals surface area contributed by atoms with Crippen LogP contribution < -0.4 is 10.1 Å². The Morgan fingerprint density at radius 1 is 1.38 bits per heavy atom. The Morgan fingerprint density at radius 2 is 2.12 bits per heavy atom. The second kappa shape index (κ2) is 4.18. The molecule has 0 aliphatic heterocycles. The van der Waals surface area contributed by atoms with E-state index in [9.17, 15) is 4.79 Å². The molecule has 4 nitrogen and oxygen atoms in total. The Morgan fingerprint density at radius 3 is 2.81 bits per heavy atom. The predicted octanol–water partition coefficient (Wildman–Crippen LogP) is 1.60. The standard InChI is InChI=1S/C12H12N2O2/c1-13-12(15)10-7-11(16-2)8-5-3-4-6-9(8)14-10/h3-7H,1-2H3,(H,13,15). The van der Waals surface area contributed by atoms with E-state index in [0.29, 0.717) is 11.4 Å². The molecule has 0 unspecified atom stereocenters. The molecule has 2 aromatic rings. The SMILES string of the molecule is CNC(=O)c1cc(OC)c2ccccc2n1. The number of carbonyl (C=O) groups is 1. The van der Waals surface area contributed by atoms with Gasteiger partial charge in [0.05, 0.1) is 12.6 Å². The number of nitrogens with zero attached hydrogens (tertiary/aromatic N) is 1. The number of hydrogen-bond donors (Lipinski definition) is 1. The zero-order chi connectivity index (χ0) is 11.5. The minimum atomic E-state index is -0.218. The molecular formula is C12H12N2O2.